The lowest BCUT2D eigenvalue weighted by Gasteiger charge is -2.35. The lowest BCUT2D eigenvalue weighted by Crippen LogP contribution is -3.16. The predicted octanol–water partition coefficient (Wildman–Crippen LogP) is 2.15. The molecule has 5 nitrogen and oxygen atoms in total. The van der Waals surface area contributed by atoms with Gasteiger partial charge in [0.15, 0.2) is 11.0 Å². The second-order valence-corrected chi connectivity index (χ2v) is 8.53. The van der Waals surface area contributed by atoms with Gasteiger partial charge in [-0.3, -0.25) is 4.79 Å². The Kier molecular flexibility index (Phi) is 5.33. The van der Waals surface area contributed by atoms with Crippen molar-refractivity contribution in [3.05, 3.63) is 58.9 Å². The number of thioether (sulfide) groups is 1. The minimum atomic E-state index is -0.0186. The van der Waals surface area contributed by atoms with Gasteiger partial charge in [0.05, 0.1) is 37.3 Å². The van der Waals surface area contributed by atoms with Gasteiger partial charge in [-0.25, -0.2) is 4.90 Å². The molecule has 2 aliphatic heterocycles. The fraction of sp³-hybridized carbons (Fsp3) is 0.300. The van der Waals surface area contributed by atoms with Gasteiger partial charge in [-0.2, -0.15) is 0 Å². The zero-order valence-electron chi connectivity index (χ0n) is 15.2. The molecular weight excluding hydrogens is 378 g/mol. The van der Waals surface area contributed by atoms with Gasteiger partial charge in [0.1, 0.15) is 5.76 Å². The minimum absolute atomic E-state index is 0.0186. The Bertz CT molecular complexity index is 854. The van der Waals surface area contributed by atoms with E-state index in [4.69, 9.17) is 16.6 Å². The number of aryl methyl sites for hydroxylation is 1. The Morgan fingerprint density at radius 2 is 1.96 bits per heavy atom. The minimum Gasteiger partial charge on any atom is -0.465 e. The summed E-state index contributed by atoms with van der Waals surface area (Å²) in [6, 6.07) is 12.3. The summed E-state index contributed by atoms with van der Waals surface area (Å²) in [5, 5.41) is 0. The molecular formula is C20H22N3O2S2+. The van der Waals surface area contributed by atoms with Crippen LogP contribution in [0.3, 0.4) is 0 Å². The van der Waals surface area contributed by atoms with Crippen LogP contribution in [-0.4, -0.2) is 48.0 Å². The largest absolute Gasteiger partial charge is 0.465 e. The van der Waals surface area contributed by atoms with E-state index in [9.17, 15) is 4.79 Å². The van der Waals surface area contributed by atoms with Gasteiger partial charge < -0.3 is 14.2 Å². The molecule has 3 heterocycles. The summed E-state index contributed by atoms with van der Waals surface area (Å²) in [4.78, 5) is 18.9. The van der Waals surface area contributed by atoms with Crippen LogP contribution in [-0.2, 0) is 4.79 Å². The fourth-order valence-corrected chi connectivity index (χ4v) is 4.59. The lowest BCUT2D eigenvalue weighted by molar-refractivity contribution is -0.907. The highest BCUT2D eigenvalue weighted by Crippen LogP contribution is 2.31. The molecule has 2 saturated heterocycles. The van der Waals surface area contributed by atoms with E-state index in [0.717, 1.165) is 26.2 Å². The number of benzene rings is 1. The van der Waals surface area contributed by atoms with Crippen molar-refractivity contribution in [2.45, 2.75) is 6.92 Å². The molecule has 2 aromatic rings. The predicted molar refractivity (Wildman–Crippen MR) is 113 cm³/mol. The number of carbonyl (C=O) groups is 1. The zero-order valence-corrected chi connectivity index (χ0v) is 16.8. The third-order valence-corrected chi connectivity index (χ3v) is 6.32. The SMILES string of the molecule is Cc1ccc(N2CC[NH+](CN3C(=O)/C(=C/c4ccco4)SC3=S)CC2)cc1. The number of piperazine rings is 1. The maximum absolute atomic E-state index is 12.7. The van der Waals surface area contributed by atoms with E-state index in [1.807, 2.05) is 12.1 Å². The molecule has 0 saturated carbocycles. The molecule has 2 fully saturated rings. The molecule has 1 aromatic heterocycles. The van der Waals surface area contributed by atoms with Crippen LogP contribution in [0, 0.1) is 6.92 Å². The summed E-state index contributed by atoms with van der Waals surface area (Å²) in [6.45, 7) is 6.67. The summed E-state index contributed by atoms with van der Waals surface area (Å²) in [7, 11) is 0. The molecule has 1 amide bonds. The van der Waals surface area contributed by atoms with Crippen molar-refractivity contribution < 1.29 is 14.1 Å². The Morgan fingerprint density at radius 3 is 2.63 bits per heavy atom. The molecule has 0 spiro atoms. The number of thiocarbonyl (C=S) groups is 1. The standard InChI is InChI=1S/C20H21N3O2S2/c1-15-4-6-16(7-5-15)22-10-8-21(9-11-22)14-23-19(24)18(27-20(23)26)13-17-3-2-12-25-17/h2-7,12-13H,8-11,14H2,1H3/p+1/b18-13-. The molecule has 0 unspecified atom stereocenters. The number of anilines is 1. The summed E-state index contributed by atoms with van der Waals surface area (Å²) < 4.78 is 5.94. The number of amides is 1. The maximum atomic E-state index is 12.7. The first-order valence-electron chi connectivity index (χ1n) is 9.04. The second-order valence-electron chi connectivity index (χ2n) is 6.86. The number of hydrogen-bond acceptors (Lipinski definition) is 5. The highest BCUT2D eigenvalue weighted by Gasteiger charge is 2.35. The highest BCUT2D eigenvalue weighted by molar-refractivity contribution is 8.26. The molecule has 2 aliphatic rings. The van der Waals surface area contributed by atoms with E-state index in [1.165, 1.54) is 27.9 Å². The summed E-state index contributed by atoms with van der Waals surface area (Å²) in [6.07, 6.45) is 3.37. The topological polar surface area (TPSA) is 41.1 Å². The van der Waals surface area contributed by atoms with Crippen molar-refractivity contribution in [1.29, 1.82) is 0 Å². The van der Waals surface area contributed by atoms with Crippen LogP contribution in [0.1, 0.15) is 11.3 Å². The van der Waals surface area contributed by atoms with Gasteiger partial charge in [0.25, 0.3) is 5.91 Å². The smallest absolute Gasteiger partial charge is 0.270 e. The molecule has 27 heavy (non-hydrogen) atoms. The van der Waals surface area contributed by atoms with E-state index < -0.39 is 0 Å². The highest BCUT2D eigenvalue weighted by atomic mass is 32.2. The molecule has 0 aliphatic carbocycles. The Labute approximate surface area is 168 Å². The number of nitrogens with zero attached hydrogens (tertiary/aromatic N) is 2. The normalized spacial score (nSPS) is 20.1. The maximum Gasteiger partial charge on any atom is 0.270 e. The van der Waals surface area contributed by atoms with Crippen LogP contribution in [0.5, 0.6) is 0 Å². The van der Waals surface area contributed by atoms with Crippen molar-refractivity contribution in [3.63, 3.8) is 0 Å². The second kappa shape index (κ2) is 7.88. The molecule has 4 rings (SSSR count). The summed E-state index contributed by atoms with van der Waals surface area (Å²) in [5.74, 6) is 0.657. The number of rotatable bonds is 4. The summed E-state index contributed by atoms with van der Waals surface area (Å²) in [5.41, 5.74) is 2.55. The number of furan rings is 1. The van der Waals surface area contributed by atoms with Gasteiger partial charge in [-0.15, -0.1) is 0 Å². The van der Waals surface area contributed by atoms with Crippen LogP contribution >= 0.6 is 24.0 Å². The van der Waals surface area contributed by atoms with E-state index in [-0.39, 0.29) is 5.91 Å². The van der Waals surface area contributed by atoms with E-state index in [1.54, 1.807) is 17.2 Å². The molecule has 7 heteroatoms. The Morgan fingerprint density at radius 1 is 1.22 bits per heavy atom. The fourth-order valence-electron chi connectivity index (χ4n) is 3.36. The van der Waals surface area contributed by atoms with Crippen molar-refractivity contribution in [2.75, 3.05) is 37.7 Å². The number of hydrogen-bond donors (Lipinski definition) is 1. The van der Waals surface area contributed by atoms with Crippen LogP contribution in [0.25, 0.3) is 6.08 Å². The van der Waals surface area contributed by atoms with E-state index in [2.05, 4.69) is 36.1 Å². The molecule has 0 bridgehead atoms. The molecule has 1 N–H and O–H groups in total. The van der Waals surface area contributed by atoms with Crippen molar-refractivity contribution in [1.82, 2.24) is 4.90 Å². The first kappa shape index (κ1) is 18.3. The number of quaternary nitrogens is 1. The first-order valence-corrected chi connectivity index (χ1v) is 10.3. The Balaban J connectivity index is 1.35. The monoisotopic (exact) mass is 400 g/mol. The number of nitrogens with one attached hydrogen (secondary N) is 1. The van der Waals surface area contributed by atoms with E-state index in [0.29, 0.717) is 21.7 Å². The molecule has 1 aromatic carbocycles. The molecule has 0 atom stereocenters. The van der Waals surface area contributed by atoms with E-state index >= 15 is 0 Å². The van der Waals surface area contributed by atoms with Gasteiger partial charge in [0.2, 0.25) is 0 Å². The Hall–Kier alpha value is -2.09. The lowest BCUT2D eigenvalue weighted by atomic mass is 10.2. The quantitative estimate of drug-likeness (QED) is 0.629. The zero-order chi connectivity index (χ0) is 18.8. The number of carbonyl (C=O) groups excluding carboxylic acids is 1. The average molecular weight is 401 g/mol. The average Bonchev–Trinajstić information content (AvgIpc) is 3.27. The third-order valence-electron chi connectivity index (χ3n) is 4.94. The summed E-state index contributed by atoms with van der Waals surface area (Å²) >= 11 is 6.80. The molecule has 0 radical (unpaired) electrons. The van der Waals surface area contributed by atoms with Crippen molar-refractivity contribution in [2.24, 2.45) is 0 Å². The molecule has 140 valence electrons. The first-order chi connectivity index (χ1) is 13.1. The van der Waals surface area contributed by atoms with Gasteiger partial charge >= 0.3 is 0 Å². The van der Waals surface area contributed by atoms with Crippen LogP contribution in [0.15, 0.2) is 52.0 Å². The van der Waals surface area contributed by atoms with Crippen LogP contribution in [0.4, 0.5) is 5.69 Å². The van der Waals surface area contributed by atoms with Gasteiger partial charge in [0, 0.05) is 11.8 Å². The third kappa shape index (κ3) is 4.10. The van der Waals surface area contributed by atoms with Crippen LogP contribution < -0.4 is 9.80 Å². The van der Waals surface area contributed by atoms with Gasteiger partial charge in [-0.05, 0) is 31.2 Å². The van der Waals surface area contributed by atoms with Crippen molar-refractivity contribution >= 4 is 46.0 Å². The van der Waals surface area contributed by atoms with Crippen molar-refractivity contribution in [3.8, 4) is 0 Å². The van der Waals surface area contributed by atoms with Gasteiger partial charge in [-0.1, -0.05) is 41.7 Å². The van der Waals surface area contributed by atoms with Crippen LogP contribution in [0.2, 0.25) is 0 Å².